The summed E-state index contributed by atoms with van der Waals surface area (Å²) in [6.45, 7) is 0. The van der Waals surface area contributed by atoms with Crippen LogP contribution in [0, 0.1) is 10.1 Å². The first-order valence-corrected chi connectivity index (χ1v) is 4.90. The first kappa shape index (κ1) is 16.2. The number of nitro groups is 1. The molecule has 1 aromatic carbocycles. The van der Waals surface area contributed by atoms with Crippen LogP contribution < -0.4 is 0 Å². The Morgan fingerprint density at radius 3 is 2.00 bits per heavy atom. The number of benzene rings is 1. The molecule has 0 saturated carbocycles. The summed E-state index contributed by atoms with van der Waals surface area (Å²) < 4.78 is 74.1. The standard InChI is InChI=1S/C9H2ClF6NO3/c10-4-1-3(7(18)9(14,15)16)2-5(17(19)20)6(4)8(11,12)13/h1-2H. The molecule has 11 heteroatoms. The molecule has 0 atom stereocenters. The van der Waals surface area contributed by atoms with Crippen LogP contribution >= 0.6 is 11.6 Å². The molecule has 0 radical (unpaired) electrons. The van der Waals surface area contributed by atoms with Crippen molar-refractivity contribution in [3.63, 3.8) is 0 Å². The van der Waals surface area contributed by atoms with Crippen molar-refractivity contribution >= 4 is 23.1 Å². The summed E-state index contributed by atoms with van der Waals surface area (Å²) in [4.78, 5) is 19.8. The van der Waals surface area contributed by atoms with Crippen LogP contribution in [0.1, 0.15) is 15.9 Å². The third-order valence-corrected chi connectivity index (χ3v) is 2.37. The van der Waals surface area contributed by atoms with Gasteiger partial charge in [-0.3, -0.25) is 14.9 Å². The van der Waals surface area contributed by atoms with E-state index in [0.29, 0.717) is 0 Å². The highest BCUT2D eigenvalue weighted by Crippen LogP contribution is 2.42. The number of halogens is 7. The molecular weight excluding hydrogens is 320 g/mol. The molecule has 0 saturated heterocycles. The molecule has 0 aliphatic carbocycles. The van der Waals surface area contributed by atoms with Crippen molar-refractivity contribution in [2.45, 2.75) is 12.4 Å². The van der Waals surface area contributed by atoms with Crippen molar-refractivity contribution in [3.05, 3.63) is 38.4 Å². The Morgan fingerprint density at radius 2 is 1.65 bits per heavy atom. The topological polar surface area (TPSA) is 60.2 Å². The summed E-state index contributed by atoms with van der Waals surface area (Å²) in [6, 6.07) is -0.0161. The fraction of sp³-hybridized carbons (Fsp3) is 0.222. The normalized spacial score (nSPS) is 12.3. The molecule has 0 fully saturated rings. The van der Waals surface area contributed by atoms with Crippen LogP contribution in [0.5, 0.6) is 0 Å². The van der Waals surface area contributed by atoms with Gasteiger partial charge in [-0.1, -0.05) is 11.6 Å². The van der Waals surface area contributed by atoms with E-state index in [1.54, 1.807) is 0 Å². The first-order chi connectivity index (χ1) is 8.85. The highest BCUT2D eigenvalue weighted by Gasteiger charge is 2.44. The Bertz CT molecular complexity index is 580. The highest BCUT2D eigenvalue weighted by atomic mass is 35.5. The zero-order valence-electron chi connectivity index (χ0n) is 8.97. The second kappa shape index (κ2) is 4.93. The average Bonchev–Trinajstić information content (AvgIpc) is 2.23. The molecule has 0 spiro atoms. The third kappa shape index (κ3) is 3.18. The molecule has 0 aliphatic rings. The monoisotopic (exact) mass is 321 g/mol. The molecule has 110 valence electrons. The molecular formula is C9H2ClF6NO3. The van der Waals surface area contributed by atoms with Crippen molar-refractivity contribution in [1.29, 1.82) is 0 Å². The predicted octanol–water partition coefficient (Wildman–Crippen LogP) is 4.01. The molecule has 4 nitrogen and oxygen atoms in total. The van der Waals surface area contributed by atoms with Gasteiger partial charge in [-0.2, -0.15) is 26.3 Å². The Kier molecular flexibility index (Phi) is 3.99. The van der Waals surface area contributed by atoms with Gasteiger partial charge in [-0.05, 0) is 6.07 Å². The minimum atomic E-state index is -5.39. The number of carbonyl (C=O) groups is 1. The number of rotatable bonds is 2. The number of nitro benzene ring substituents is 1. The number of carbonyl (C=O) groups excluding carboxylic acids is 1. The Morgan fingerprint density at radius 1 is 1.15 bits per heavy atom. The molecule has 0 heterocycles. The number of hydrogen-bond acceptors (Lipinski definition) is 3. The number of Topliss-reactive ketones (excluding diaryl/α,β-unsaturated/α-hetero) is 1. The van der Waals surface area contributed by atoms with Crippen molar-refractivity contribution in [3.8, 4) is 0 Å². The number of alkyl halides is 6. The van der Waals surface area contributed by atoms with Crippen LogP contribution in [0.3, 0.4) is 0 Å². The van der Waals surface area contributed by atoms with Gasteiger partial charge in [0.2, 0.25) is 0 Å². The summed E-state index contributed by atoms with van der Waals surface area (Å²) in [6.07, 6.45) is -10.6. The minimum absolute atomic E-state index is 0.0905. The molecule has 0 unspecified atom stereocenters. The molecule has 0 amide bonds. The van der Waals surface area contributed by atoms with Gasteiger partial charge >= 0.3 is 12.4 Å². The Balaban J connectivity index is 3.59. The third-order valence-electron chi connectivity index (χ3n) is 2.07. The quantitative estimate of drug-likeness (QED) is 0.358. The van der Waals surface area contributed by atoms with Gasteiger partial charge in [-0.25, -0.2) is 0 Å². The van der Waals surface area contributed by atoms with Gasteiger partial charge in [0.25, 0.3) is 11.5 Å². The number of ketones is 1. The van der Waals surface area contributed by atoms with Crippen LogP contribution in [0.4, 0.5) is 32.0 Å². The molecule has 1 rings (SSSR count). The van der Waals surface area contributed by atoms with Gasteiger partial charge in [0.15, 0.2) is 5.56 Å². The number of nitrogens with zero attached hydrogens (tertiary/aromatic N) is 1. The average molecular weight is 322 g/mol. The van der Waals surface area contributed by atoms with Gasteiger partial charge in [0.1, 0.15) is 0 Å². The summed E-state index contributed by atoms with van der Waals surface area (Å²) in [5.41, 5.74) is -4.98. The summed E-state index contributed by atoms with van der Waals surface area (Å²) in [7, 11) is 0. The first-order valence-electron chi connectivity index (χ1n) is 4.52. The van der Waals surface area contributed by atoms with E-state index in [4.69, 9.17) is 11.6 Å². The SMILES string of the molecule is O=C(c1cc(Cl)c(C(F)(F)F)c([N+](=O)[O-])c1)C(F)(F)F. The van der Waals surface area contributed by atoms with E-state index in [9.17, 15) is 41.3 Å². The van der Waals surface area contributed by atoms with Gasteiger partial charge in [0, 0.05) is 11.6 Å². The van der Waals surface area contributed by atoms with E-state index < -0.39 is 44.9 Å². The summed E-state index contributed by atoms with van der Waals surface area (Å²) >= 11 is 5.11. The summed E-state index contributed by atoms with van der Waals surface area (Å²) in [5.74, 6) is -2.53. The number of hydrogen-bond donors (Lipinski definition) is 0. The lowest BCUT2D eigenvalue weighted by molar-refractivity contribution is -0.388. The molecule has 0 aromatic heterocycles. The van der Waals surface area contributed by atoms with E-state index in [1.165, 1.54) is 0 Å². The van der Waals surface area contributed by atoms with E-state index >= 15 is 0 Å². The zero-order chi connectivity index (χ0) is 15.9. The lowest BCUT2D eigenvalue weighted by atomic mass is 10.0. The predicted molar refractivity (Wildman–Crippen MR) is 53.5 cm³/mol. The molecule has 20 heavy (non-hydrogen) atoms. The molecule has 0 N–H and O–H groups in total. The maximum atomic E-state index is 12.5. The van der Waals surface area contributed by atoms with Crippen LogP contribution in [0.25, 0.3) is 0 Å². The summed E-state index contributed by atoms with van der Waals surface area (Å²) in [5, 5.41) is 9.14. The second-order valence-corrected chi connectivity index (χ2v) is 3.84. The molecule has 0 aliphatic heterocycles. The van der Waals surface area contributed by atoms with E-state index in [1.807, 2.05) is 0 Å². The largest absolute Gasteiger partial charge is 0.454 e. The van der Waals surface area contributed by atoms with Crippen molar-refractivity contribution < 1.29 is 36.1 Å². The van der Waals surface area contributed by atoms with Gasteiger partial charge < -0.3 is 0 Å². The fourth-order valence-corrected chi connectivity index (χ4v) is 1.63. The van der Waals surface area contributed by atoms with Crippen LogP contribution in [0.2, 0.25) is 5.02 Å². The zero-order valence-corrected chi connectivity index (χ0v) is 9.73. The second-order valence-electron chi connectivity index (χ2n) is 3.43. The highest BCUT2D eigenvalue weighted by molar-refractivity contribution is 6.32. The van der Waals surface area contributed by atoms with E-state index in [2.05, 4.69) is 0 Å². The lowest BCUT2D eigenvalue weighted by Gasteiger charge is -2.11. The maximum absolute atomic E-state index is 12.5. The lowest BCUT2D eigenvalue weighted by Crippen LogP contribution is -2.23. The van der Waals surface area contributed by atoms with Gasteiger partial charge in [-0.15, -0.1) is 0 Å². The maximum Gasteiger partial charge on any atom is 0.454 e. The van der Waals surface area contributed by atoms with E-state index in [0.717, 1.165) is 0 Å². The smallest absolute Gasteiger partial charge is 0.284 e. The fourth-order valence-electron chi connectivity index (χ4n) is 1.31. The van der Waals surface area contributed by atoms with Crippen LogP contribution in [-0.2, 0) is 6.18 Å². The van der Waals surface area contributed by atoms with Crippen molar-refractivity contribution in [1.82, 2.24) is 0 Å². The van der Waals surface area contributed by atoms with Crippen molar-refractivity contribution in [2.75, 3.05) is 0 Å². The molecule has 0 bridgehead atoms. The van der Waals surface area contributed by atoms with Crippen LogP contribution in [-0.4, -0.2) is 16.9 Å². The molecule has 1 aromatic rings. The van der Waals surface area contributed by atoms with Crippen molar-refractivity contribution in [2.24, 2.45) is 0 Å². The Hall–Kier alpha value is -1.84. The Labute approximate surface area is 111 Å². The van der Waals surface area contributed by atoms with Crippen LogP contribution in [0.15, 0.2) is 12.1 Å². The van der Waals surface area contributed by atoms with E-state index in [-0.39, 0.29) is 12.1 Å². The minimum Gasteiger partial charge on any atom is -0.284 e. The van der Waals surface area contributed by atoms with Gasteiger partial charge in [0.05, 0.1) is 9.95 Å².